The summed E-state index contributed by atoms with van der Waals surface area (Å²) in [6.45, 7) is 4.31. The second-order valence-corrected chi connectivity index (χ2v) is 10.3. The molecule has 6 nitrogen and oxygen atoms in total. The van der Waals surface area contributed by atoms with Crippen LogP contribution in [0.5, 0.6) is 0 Å². The van der Waals surface area contributed by atoms with Gasteiger partial charge in [-0.25, -0.2) is 4.98 Å². The number of anilines is 1. The van der Waals surface area contributed by atoms with Crippen LogP contribution in [0, 0.1) is 0 Å². The number of hydrogen-bond donors (Lipinski definition) is 2. The Kier molecular flexibility index (Phi) is 7.84. The predicted molar refractivity (Wildman–Crippen MR) is 161 cm³/mol. The standard InChI is InChI=1S/C30H23Cl2N3O3S/c1-17(2)18-6-8-19(9-7-18)29-34-24-16-20(10-13-26(24)38-29)33-30(39)35-27(36)15-12-21-11-14-25(37-21)22-4-3-5-23(31)28(22)32/h3-17H,1-2H3,(H2,33,35,36,39). The van der Waals surface area contributed by atoms with Gasteiger partial charge in [-0.3, -0.25) is 10.1 Å². The van der Waals surface area contributed by atoms with E-state index in [0.29, 0.717) is 55.7 Å². The molecule has 0 saturated heterocycles. The zero-order valence-corrected chi connectivity index (χ0v) is 23.3. The topological polar surface area (TPSA) is 80.3 Å². The van der Waals surface area contributed by atoms with Crippen LogP contribution in [0.3, 0.4) is 0 Å². The van der Waals surface area contributed by atoms with Gasteiger partial charge in [0.1, 0.15) is 17.0 Å². The molecule has 39 heavy (non-hydrogen) atoms. The summed E-state index contributed by atoms with van der Waals surface area (Å²) in [7, 11) is 0. The average Bonchev–Trinajstić information content (AvgIpc) is 3.56. The molecule has 5 rings (SSSR count). The van der Waals surface area contributed by atoms with Crippen LogP contribution < -0.4 is 10.6 Å². The fraction of sp³-hybridized carbons (Fsp3) is 0.100. The van der Waals surface area contributed by atoms with Crippen LogP contribution in [0.1, 0.15) is 31.1 Å². The molecule has 1 amide bonds. The largest absolute Gasteiger partial charge is 0.457 e. The van der Waals surface area contributed by atoms with Crippen LogP contribution in [0.15, 0.2) is 87.7 Å². The van der Waals surface area contributed by atoms with Gasteiger partial charge >= 0.3 is 0 Å². The molecule has 5 aromatic rings. The van der Waals surface area contributed by atoms with E-state index in [4.69, 9.17) is 44.3 Å². The van der Waals surface area contributed by atoms with Crippen molar-refractivity contribution in [2.75, 3.05) is 5.32 Å². The molecule has 0 radical (unpaired) electrons. The summed E-state index contributed by atoms with van der Waals surface area (Å²) in [4.78, 5) is 17.0. The molecule has 0 fully saturated rings. The number of fused-ring (bicyclic) bond motifs is 1. The molecule has 0 unspecified atom stereocenters. The van der Waals surface area contributed by atoms with Crippen molar-refractivity contribution in [1.82, 2.24) is 10.3 Å². The molecule has 2 aromatic heterocycles. The molecule has 3 aromatic carbocycles. The summed E-state index contributed by atoms with van der Waals surface area (Å²) in [5.74, 6) is 1.59. The van der Waals surface area contributed by atoms with Crippen molar-refractivity contribution >= 4 is 69.3 Å². The number of carbonyl (C=O) groups excluding carboxylic acids is 1. The van der Waals surface area contributed by atoms with Crippen LogP contribution in [0.25, 0.3) is 40.0 Å². The number of halogens is 2. The molecule has 0 aliphatic carbocycles. The lowest BCUT2D eigenvalue weighted by Crippen LogP contribution is -2.32. The van der Waals surface area contributed by atoms with Crippen LogP contribution in [0.2, 0.25) is 10.0 Å². The van der Waals surface area contributed by atoms with Gasteiger partial charge in [0.25, 0.3) is 0 Å². The van der Waals surface area contributed by atoms with Gasteiger partial charge in [-0.1, -0.05) is 55.2 Å². The van der Waals surface area contributed by atoms with Crippen molar-refractivity contribution in [3.63, 3.8) is 0 Å². The lowest BCUT2D eigenvalue weighted by molar-refractivity contribution is -0.115. The monoisotopic (exact) mass is 575 g/mol. The van der Waals surface area contributed by atoms with Gasteiger partial charge in [-0.2, -0.15) is 0 Å². The SMILES string of the molecule is CC(C)c1ccc(-c2nc3cc(NC(=S)NC(=O)C=Cc4ccc(-c5cccc(Cl)c5Cl)o4)ccc3o2)cc1. The third kappa shape index (κ3) is 6.23. The molecule has 0 saturated carbocycles. The van der Waals surface area contributed by atoms with Crippen LogP contribution in [0.4, 0.5) is 5.69 Å². The van der Waals surface area contributed by atoms with Crippen molar-refractivity contribution in [2.24, 2.45) is 0 Å². The summed E-state index contributed by atoms with van der Waals surface area (Å²) < 4.78 is 11.7. The number of benzene rings is 3. The molecule has 0 atom stereocenters. The number of nitrogens with one attached hydrogen (secondary N) is 2. The predicted octanol–water partition coefficient (Wildman–Crippen LogP) is 8.71. The molecule has 9 heteroatoms. The third-order valence-corrected chi connectivity index (χ3v) is 6.97. The van der Waals surface area contributed by atoms with E-state index in [1.807, 2.05) is 24.3 Å². The number of rotatable bonds is 6. The van der Waals surface area contributed by atoms with Crippen molar-refractivity contribution in [1.29, 1.82) is 0 Å². The van der Waals surface area contributed by atoms with Crippen molar-refractivity contribution in [3.8, 4) is 22.8 Å². The maximum atomic E-state index is 12.4. The lowest BCUT2D eigenvalue weighted by atomic mass is 10.0. The maximum absolute atomic E-state index is 12.4. The molecular weight excluding hydrogens is 553 g/mol. The highest BCUT2D eigenvalue weighted by molar-refractivity contribution is 7.80. The first-order chi connectivity index (χ1) is 18.8. The maximum Gasteiger partial charge on any atom is 0.250 e. The number of carbonyl (C=O) groups is 1. The molecule has 196 valence electrons. The van der Waals surface area contributed by atoms with Gasteiger partial charge in [-0.15, -0.1) is 0 Å². The second-order valence-electron chi connectivity index (χ2n) is 9.06. The number of furan rings is 1. The zero-order valence-electron chi connectivity index (χ0n) is 21.0. The number of aromatic nitrogens is 1. The van der Waals surface area contributed by atoms with Crippen molar-refractivity contribution in [3.05, 3.63) is 100 Å². The summed E-state index contributed by atoms with van der Waals surface area (Å²) in [6, 6.07) is 22.4. The summed E-state index contributed by atoms with van der Waals surface area (Å²) in [6.07, 6.45) is 2.87. The van der Waals surface area contributed by atoms with E-state index in [1.165, 1.54) is 17.7 Å². The van der Waals surface area contributed by atoms with Crippen molar-refractivity contribution in [2.45, 2.75) is 19.8 Å². The van der Waals surface area contributed by atoms with Gasteiger partial charge in [-0.05, 0) is 84.4 Å². The summed E-state index contributed by atoms with van der Waals surface area (Å²) in [5.41, 5.74) is 4.81. The molecule has 2 heterocycles. The first-order valence-electron chi connectivity index (χ1n) is 12.1. The Hall–Kier alpha value is -3.91. The number of hydrogen-bond acceptors (Lipinski definition) is 5. The van der Waals surface area contributed by atoms with Gasteiger partial charge in [0, 0.05) is 22.9 Å². The fourth-order valence-corrected chi connectivity index (χ4v) is 4.51. The average molecular weight is 577 g/mol. The minimum absolute atomic E-state index is 0.142. The van der Waals surface area contributed by atoms with E-state index < -0.39 is 5.91 Å². The zero-order chi connectivity index (χ0) is 27.5. The normalized spacial score (nSPS) is 11.4. The Morgan fingerprint density at radius 2 is 1.79 bits per heavy atom. The third-order valence-electron chi connectivity index (χ3n) is 5.95. The van der Waals surface area contributed by atoms with Crippen LogP contribution >= 0.6 is 35.4 Å². The Bertz CT molecular complexity index is 1700. The van der Waals surface area contributed by atoms with E-state index >= 15 is 0 Å². The van der Waals surface area contributed by atoms with Crippen molar-refractivity contribution < 1.29 is 13.6 Å². The van der Waals surface area contributed by atoms with E-state index in [-0.39, 0.29) is 5.11 Å². The molecular formula is C30H23Cl2N3O3S. The highest BCUT2D eigenvalue weighted by Gasteiger charge is 2.12. The molecule has 0 aliphatic heterocycles. The Morgan fingerprint density at radius 3 is 2.56 bits per heavy atom. The number of amides is 1. The van der Waals surface area contributed by atoms with E-state index in [9.17, 15) is 4.79 Å². The van der Waals surface area contributed by atoms with E-state index in [1.54, 1.807) is 36.4 Å². The Morgan fingerprint density at radius 1 is 1.00 bits per heavy atom. The van der Waals surface area contributed by atoms with Gasteiger partial charge in [0.15, 0.2) is 10.7 Å². The van der Waals surface area contributed by atoms with E-state index in [2.05, 4.69) is 41.6 Å². The minimum Gasteiger partial charge on any atom is -0.457 e. The second kappa shape index (κ2) is 11.5. The molecule has 0 spiro atoms. The molecule has 0 bridgehead atoms. The number of oxazole rings is 1. The lowest BCUT2D eigenvalue weighted by Gasteiger charge is -2.07. The highest BCUT2D eigenvalue weighted by Crippen LogP contribution is 2.34. The Balaban J connectivity index is 1.20. The summed E-state index contributed by atoms with van der Waals surface area (Å²) >= 11 is 17.6. The first-order valence-corrected chi connectivity index (χ1v) is 13.3. The number of thiocarbonyl (C=S) groups is 1. The first kappa shape index (κ1) is 26.7. The molecule has 2 N–H and O–H groups in total. The van der Waals surface area contributed by atoms with Gasteiger partial charge in [0.2, 0.25) is 11.8 Å². The quantitative estimate of drug-likeness (QED) is 0.156. The van der Waals surface area contributed by atoms with Crippen LogP contribution in [-0.2, 0) is 4.79 Å². The fourth-order valence-electron chi connectivity index (χ4n) is 3.89. The number of nitrogens with zero attached hydrogens (tertiary/aromatic N) is 1. The van der Waals surface area contributed by atoms with Crippen LogP contribution in [-0.4, -0.2) is 16.0 Å². The smallest absolute Gasteiger partial charge is 0.250 e. The van der Waals surface area contributed by atoms with E-state index in [0.717, 1.165) is 5.56 Å². The minimum atomic E-state index is -0.416. The van der Waals surface area contributed by atoms with Gasteiger partial charge in [0.05, 0.1) is 10.0 Å². The summed E-state index contributed by atoms with van der Waals surface area (Å²) in [5, 5.41) is 6.60. The Labute approximate surface area is 240 Å². The van der Waals surface area contributed by atoms with Gasteiger partial charge < -0.3 is 14.2 Å². The highest BCUT2D eigenvalue weighted by atomic mass is 35.5. The molecule has 0 aliphatic rings.